The topological polar surface area (TPSA) is 210 Å². The fourth-order valence-electron chi connectivity index (χ4n) is 5.25. The fraction of sp³-hybridized carbons (Fsp3) is 0.0588. The molecule has 0 spiro atoms. The number of hydrogen-bond acceptors (Lipinski definition) is 10. The second-order valence-corrected chi connectivity index (χ2v) is 14.0. The smallest absolute Gasteiger partial charge is 0.294 e. The molecule has 0 amide bonds. The summed E-state index contributed by atoms with van der Waals surface area (Å²) in [6.45, 7) is 3.78. The van der Waals surface area contributed by atoms with E-state index in [0.717, 1.165) is 22.3 Å². The molecule has 6 aromatic rings. The summed E-state index contributed by atoms with van der Waals surface area (Å²) in [5.74, 6) is 0. The molecule has 12 nitrogen and oxygen atoms in total. The first kappa shape index (κ1) is 32.4. The van der Waals surface area contributed by atoms with Gasteiger partial charge < -0.3 is 11.5 Å². The largest absolute Gasteiger partial charge is 0.399 e. The lowest BCUT2D eigenvalue weighted by atomic mass is 10.0. The van der Waals surface area contributed by atoms with Crippen LogP contribution in [0.15, 0.2) is 127 Å². The van der Waals surface area contributed by atoms with E-state index < -0.39 is 20.2 Å². The van der Waals surface area contributed by atoms with Gasteiger partial charge in [-0.15, -0.1) is 10.2 Å². The Morgan fingerprint density at radius 2 is 1.06 bits per heavy atom. The summed E-state index contributed by atoms with van der Waals surface area (Å²) < 4.78 is 65.9. The molecule has 0 saturated carbocycles. The minimum Gasteiger partial charge on any atom is -0.399 e. The molecule has 0 aliphatic rings. The van der Waals surface area contributed by atoms with Crippen LogP contribution in [0, 0.1) is 13.8 Å². The lowest BCUT2D eigenvalue weighted by Gasteiger charge is -2.09. The van der Waals surface area contributed by atoms with Gasteiger partial charge in [-0.25, -0.2) is 0 Å². The molecule has 242 valence electrons. The number of aryl methyl sites for hydroxylation is 2. The number of anilines is 2. The van der Waals surface area contributed by atoms with Gasteiger partial charge in [0.2, 0.25) is 0 Å². The highest BCUT2D eigenvalue weighted by molar-refractivity contribution is 7.86. The highest BCUT2D eigenvalue weighted by Gasteiger charge is 2.15. The van der Waals surface area contributed by atoms with Crippen LogP contribution in [0.3, 0.4) is 0 Å². The summed E-state index contributed by atoms with van der Waals surface area (Å²) in [7, 11) is -8.84. The normalized spacial score (nSPS) is 12.5. The van der Waals surface area contributed by atoms with E-state index in [2.05, 4.69) is 20.5 Å². The quantitative estimate of drug-likeness (QED) is 0.0725. The van der Waals surface area contributed by atoms with E-state index in [1.54, 1.807) is 36.4 Å². The van der Waals surface area contributed by atoms with Crippen molar-refractivity contribution < 1.29 is 25.9 Å². The number of fused-ring (bicyclic) bond motifs is 2. The van der Waals surface area contributed by atoms with Crippen LogP contribution in [0.2, 0.25) is 0 Å². The van der Waals surface area contributed by atoms with Gasteiger partial charge in [-0.3, -0.25) is 9.11 Å². The molecule has 0 aliphatic carbocycles. The van der Waals surface area contributed by atoms with Crippen LogP contribution in [-0.2, 0) is 20.2 Å². The van der Waals surface area contributed by atoms with Crippen molar-refractivity contribution in [3.8, 4) is 11.1 Å². The monoisotopic (exact) mass is 680 g/mol. The molecule has 0 radical (unpaired) electrons. The third kappa shape index (κ3) is 6.63. The molecule has 0 atom stereocenters. The molecule has 0 saturated heterocycles. The number of rotatable bonds is 7. The lowest BCUT2D eigenvalue weighted by Crippen LogP contribution is -1.98. The maximum atomic E-state index is 11.9. The minimum atomic E-state index is -4.47. The summed E-state index contributed by atoms with van der Waals surface area (Å²) >= 11 is 0. The third-order valence-corrected chi connectivity index (χ3v) is 9.45. The lowest BCUT2D eigenvalue weighted by molar-refractivity contribution is 0.481. The van der Waals surface area contributed by atoms with Crippen molar-refractivity contribution in [2.24, 2.45) is 20.5 Å². The van der Waals surface area contributed by atoms with Crippen LogP contribution in [-0.4, -0.2) is 25.9 Å². The Kier molecular flexibility index (Phi) is 8.26. The van der Waals surface area contributed by atoms with Crippen LogP contribution >= 0.6 is 0 Å². The van der Waals surface area contributed by atoms with Crippen molar-refractivity contribution >= 4 is 75.9 Å². The van der Waals surface area contributed by atoms with E-state index in [-0.39, 0.29) is 15.5 Å². The standard InChI is InChI=1S/C34H28N6O6S2/c1-19-13-21(5-11-31(19)37-39-33-18-27(48(44,45)46)16-24-3-7-25(35)17-29(24)33)22-6-12-32(20(2)14-22)38-40-34-28-9-8-26(47(41,42)43)15-23(28)4-10-30(34)36/h3-18H,35-36H2,1-2H3,(H,41,42,43)(H,44,45,46). The fourth-order valence-corrected chi connectivity index (χ4v) is 6.30. The Balaban J connectivity index is 1.27. The molecule has 6 rings (SSSR count). The van der Waals surface area contributed by atoms with Crippen LogP contribution in [0.1, 0.15) is 11.1 Å². The van der Waals surface area contributed by atoms with Crippen LogP contribution in [0.25, 0.3) is 32.7 Å². The first-order valence-corrected chi connectivity index (χ1v) is 17.2. The predicted octanol–water partition coefficient (Wildman–Crippen LogP) is 8.77. The molecule has 0 aromatic heterocycles. The van der Waals surface area contributed by atoms with Gasteiger partial charge in [0, 0.05) is 16.5 Å². The van der Waals surface area contributed by atoms with Crippen LogP contribution in [0.5, 0.6) is 0 Å². The Morgan fingerprint density at radius 1 is 0.521 bits per heavy atom. The number of nitrogens with two attached hydrogens (primary N) is 2. The molecule has 0 fully saturated rings. The molecular weight excluding hydrogens is 653 g/mol. The van der Waals surface area contributed by atoms with Crippen molar-refractivity contribution in [3.63, 3.8) is 0 Å². The Morgan fingerprint density at radius 3 is 1.67 bits per heavy atom. The first-order valence-electron chi connectivity index (χ1n) is 14.3. The second kappa shape index (κ2) is 12.2. The van der Waals surface area contributed by atoms with Gasteiger partial charge in [0.05, 0.1) is 32.5 Å². The van der Waals surface area contributed by atoms with E-state index in [9.17, 15) is 25.9 Å². The number of nitrogens with zero attached hydrogens (tertiary/aromatic N) is 4. The number of hydrogen-bond donors (Lipinski definition) is 4. The van der Waals surface area contributed by atoms with Gasteiger partial charge in [-0.05, 0) is 114 Å². The number of azo groups is 2. The van der Waals surface area contributed by atoms with E-state index in [1.165, 1.54) is 30.3 Å². The van der Waals surface area contributed by atoms with Crippen LogP contribution in [0.4, 0.5) is 34.1 Å². The molecule has 6 aromatic carbocycles. The SMILES string of the molecule is Cc1cc(-c2ccc(N=Nc3c(N)ccc4cc(S(=O)(=O)O)ccc34)c(C)c2)ccc1N=Nc1cc(S(=O)(=O)O)cc2ccc(N)cc12. The third-order valence-electron chi connectivity index (χ3n) is 7.77. The van der Waals surface area contributed by atoms with Crippen molar-refractivity contribution in [2.45, 2.75) is 23.6 Å². The van der Waals surface area contributed by atoms with Gasteiger partial charge in [-0.2, -0.15) is 27.1 Å². The molecular formula is C34H28N6O6S2. The molecule has 14 heteroatoms. The number of benzene rings is 6. The Bertz CT molecular complexity index is 2570. The van der Waals surface area contributed by atoms with E-state index in [4.69, 9.17) is 11.5 Å². The summed E-state index contributed by atoms with van der Waals surface area (Å²) in [5, 5.41) is 19.7. The van der Waals surface area contributed by atoms with Gasteiger partial charge in [0.25, 0.3) is 20.2 Å². The molecule has 6 N–H and O–H groups in total. The predicted molar refractivity (Wildman–Crippen MR) is 186 cm³/mol. The maximum absolute atomic E-state index is 11.9. The maximum Gasteiger partial charge on any atom is 0.294 e. The van der Waals surface area contributed by atoms with Crippen molar-refractivity contribution in [3.05, 3.63) is 108 Å². The van der Waals surface area contributed by atoms with Crippen molar-refractivity contribution in [1.29, 1.82) is 0 Å². The average Bonchev–Trinajstić information content (AvgIpc) is 3.03. The second-order valence-electron chi connectivity index (χ2n) is 11.2. The summed E-state index contributed by atoms with van der Waals surface area (Å²) in [6.07, 6.45) is 0. The van der Waals surface area contributed by atoms with Gasteiger partial charge in [0.1, 0.15) is 5.69 Å². The minimum absolute atomic E-state index is 0.231. The molecule has 48 heavy (non-hydrogen) atoms. The van der Waals surface area contributed by atoms with Gasteiger partial charge in [-0.1, -0.05) is 30.3 Å². The summed E-state index contributed by atoms with van der Waals surface area (Å²) in [6, 6.07) is 26.3. The van der Waals surface area contributed by atoms with Crippen molar-refractivity contribution in [1.82, 2.24) is 0 Å². The highest BCUT2D eigenvalue weighted by Crippen LogP contribution is 2.37. The van der Waals surface area contributed by atoms with Gasteiger partial charge >= 0.3 is 0 Å². The summed E-state index contributed by atoms with van der Waals surface area (Å²) in [5.41, 5.74) is 18.2. The summed E-state index contributed by atoms with van der Waals surface area (Å²) in [4.78, 5) is -0.529. The van der Waals surface area contributed by atoms with Crippen LogP contribution < -0.4 is 11.5 Å². The Labute approximate surface area is 276 Å². The van der Waals surface area contributed by atoms with E-state index in [0.29, 0.717) is 50.0 Å². The van der Waals surface area contributed by atoms with Gasteiger partial charge in [0.15, 0.2) is 0 Å². The first-order chi connectivity index (χ1) is 22.7. The highest BCUT2D eigenvalue weighted by atomic mass is 32.2. The average molecular weight is 681 g/mol. The molecule has 0 unspecified atom stereocenters. The molecule has 0 heterocycles. The zero-order valence-corrected chi connectivity index (χ0v) is 27.2. The van der Waals surface area contributed by atoms with E-state index in [1.807, 2.05) is 44.2 Å². The zero-order chi connectivity index (χ0) is 34.4. The Hall–Kier alpha value is -5.54. The molecule has 0 bridgehead atoms. The zero-order valence-electron chi connectivity index (χ0n) is 25.5. The van der Waals surface area contributed by atoms with E-state index >= 15 is 0 Å². The number of nitrogen functional groups attached to an aromatic ring is 2. The molecule has 0 aliphatic heterocycles. The van der Waals surface area contributed by atoms with Crippen molar-refractivity contribution in [2.75, 3.05) is 11.5 Å².